The Balaban J connectivity index is 1.73. The van der Waals surface area contributed by atoms with E-state index in [0.29, 0.717) is 6.61 Å². The van der Waals surface area contributed by atoms with E-state index in [1.807, 2.05) is 12.1 Å². The van der Waals surface area contributed by atoms with Crippen molar-refractivity contribution < 1.29 is 9.13 Å². The van der Waals surface area contributed by atoms with Crippen LogP contribution >= 0.6 is 0 Å². The van der Waals surface area contributed by atoms with Crippen molar-refractivity contribution in [3.05, 3.63) is 48.4 Å². The highest BCUT2D eigenvalue weighted by Crippen LogP contribution is 2.07. The molecular weight excluding hydrogens is 221 g/mol. The third kappa shape index (κ3) is 3.79. The molecule has 0 atom stereocenters. The van der Waals surface area contributed by atoms with Crippen LogP contribution in [0.3, 0.4) is 0 Å². The van der Waals surface area contributed by atoms with E-state index in [1.54, 1.807) is 12.4 Å². The van der Waals surface area contributed by atoms with Gasteiger partial charge in [0, 0.05) is 12.4 Å². The normalized spacial score (nSPS) is 10.2. The molecule has 17 heavy (non-hydrogen) atoms. The fourth-order valence-electron chi connectivity index (χ4n) is 1.40. The van der Waals surface area contributed by atoms with E-state index < -0.39 is 5.95 Å². The van der Waals surface area contributed by atoms with Gasteiger partial charge in [-0.15, -0.1) is 0 Å². The van der Waals surface area contributed by atoms with Gasteiger partial charge in [-0.3, -0.25) is 4.98 Å². The minimum atomic E-state index is -0.580. The molecule has 2 heterocycles. The zero-order chi connectivity index (χ0) is 11.9. The van der Waals surface area contributed by atoms with Gasteiger partial charge in [0.1, 0.15) is 6.33 Å². The van der Waals surface area contributed by atoms with Crippen LogP contribution in [0.1, 0.15) is 12.0 Å². The van der Waals surface area contributed by atoms with Crippen LogP contribution in [0.2, 0.25) is 0 Å². The average Bonchev–Trinajstić information content (AvgIpc) is 2.36. The molecule has 0 spiro atoms. The average molecular weight is 233 g/mol. The summed E-state index contributed by atoms with van der Waals surface area (Å²) in [7, 11) is 0. The summed E-state index contributed by atoms with van der Waals surface area (Å²) in [6, 6.07) is 5.10. The highest BCUT2D eigenvalue weighted by molar-refractivity contribution is 5.10. The number of aryl methyl sites for hydroxylation is 1. The lowest BCUT2D eigenvalue weighted by Gasteiger charge is -2.04. The van der Waals surface area contributed by atoms with Crippen LogP contribution < -0.4 is 4.74 Å². The Morgan fingerprint density at radius 1 is 1.18 bits per heavy atom. The maximum Gasteiger partial charge on any atom is 0.219 e. The number of nitrogens with zero attached hydrogens (tertiary/aromatic N) is 3. The molecule has 0 aliphatic heterocycles. The standard InChI is InChI=1S/C12H12FN3O/c13-11-8-12(16-9-15-11)17-7-1-2-10-3-5-14-6-4-10/h3-6,8-9H,1-2,7H2. The Kier molecular flexibility index (Phi) is 3.96. The first-order valence-corrected chi connectivity index (χ1v) is 5.34. The lowest BCUT2D eigenvalue weighted by atomic mass is 10.1. The molecule has 88 valence electrons. The van der Waals surface area contributed by atoms with Crippen LogP contribution in [0.5, 0.6) is 5.88 Å². The summed E-state index contributed by atoms with van der Waals surface area (Å²) in [6.45, 7) is 0.499. The highest BCUT2D eigenvalue weighted by Gasteiger charge is 1.98. The monoisotopic (exact) mass is 233 g/mol. The topological polar surface area (TPSA) is 47.9 Å². The predicted molar refractivity (Wildman–Crippen MR) is 60.0 cm³/mol. The van der Waals surface area contributed by atoms with Gasteiger partial charge < -0.3 is 4.74 Å². The molecule has 0 amide bonds. The smallest absolute Gasteiger partial charge is 0.219 e. The van der Waals surface area contributed by atoms with Crippen LogP contribution in [-0.2, 0) is 6.42 Å². The van der Waals surface area contributed by atoms with E-state index in [1.165, 1.54) is 11.6 Å². The van der Waals surface area contributed by atoms with Gasteiger partial charge in [0.05, 0.1) is 12.7 Å². The van der Waals surface area contributed by atoms with Gasteiger partial charge in [0.25, 0.3) is 0 Å². The van der Waals surface area contributed by atoms with E-state index in [4.69, 9.17) is 4.74 Å². The molecule has 2 aromatic heterocycles. The van der Waals surface area contributed by atoms with Crippen LogP contribution in [0.4, 0.5) is 4.39 Å². The summed E-state index contributed by atoms with van der Waals surface area (Å²) in [5, 5.41) is 0. The first kappa shape index (κ1) is 11.4. The van der Waals surface area contributed by atoms with Gasteiger partial charge in [-0.25, -0.2) is 9.97 Å². The molecule has 0 unspecified atom stereocenters. The number of rotatable bonds is 5. The first-order valence-electron chi connectivity index (χ1n) is 5.34. The maximum atomic E-state index is 12.7. The van der Waals surface area contributed by atoms with Crippen LogP contribution in [0.15, 0.2) is 36.9 Å². The lowest BCUT2D eigenvalue weighted by molar-refractivity contribution is 0.296. The Bertz CT molecular complexity index is 464. The Morgan fingerprint density at radius 2 is 2.00 bits per heavy atom. The van der Waals surface area contributed by atoms with Gasteiger partial charge in [-0.2, -0.15) is 4.39 Å². The molecule has 0 aliphatic carbocycles. The van der Waals surface area contributed by atoms with Crippen molar-refractivity contribution in [1.82, 2.24) is 15.0 Å². The minimum Gasteiger partial charge on any atom is -0.477 e. The zero-order valence-electron chi connectivity index (χ0n) is 9.21. The number of hydrogen-bond acceptors (Lipinski definition) is 4. The quantitative estimate of drug-likeness (QED) is 0.585. The summed E-state index contributed by atoms with van der Waals surface area (Å²) >= 11 is 0. The number of halogens is 1. The molecule has 2 aromatic rings. The second kappa shape index (κ2) is 5.89. The van der Waals surface area contributed by atoms with Gasteiger partial charge in [0.2, 0.25) is 11.8 Å². The molecule has 0 aromatic carbocycles. The lowest BCUT2D eigenvalue weighted by Crippen LogP contribution is -2.01. The number of pyridine rings is 1. The molecule has 0 saturated heterocycles. The van der Waals surface area contributed by atoms with Crippen molar-refractivity contribution >= 4 is 0 Å². The second-order valence-electron chi connectivity index (χ2n) is 3.49. The summed E-state index contributed by atoms with van der Waals surface area (Å²) in [5.41, 5.74) is 1.21. The maximum absolute atomic E-state index is 12.7. The first-order chi connectivity index (χ1) is 8.34. The SMILES string of the molecule is Fc1cc(OCCCc2ccncc2)ncn1. The molecule has 2 rings (SSSR count). The third-order valence-corrected chi connectivity index (χ3v) is 2.22. The van der Waals surface area contributed by atoms with Gasteiger partial charge in [-0.05, 0) is 30.5 Å². The van der Waals surface area contributed by atoms with E-state index in [-0.39, 0.29) is 5.88 Å². The molecule has 0 aliphatic rings. The number of aromatic nitrogens is 3. The molecule has 0 fully saturated rings. The number of ether oxygens (including phenoxy) is 1. The van der Waals surface area contributed by atoms with Gasteiger partial charge >= 0.3 is 0 Å². The van der Waals surface area contributed by atoms with Crippen molar-refractivity contribution in [3.8, 4) is 5.88 Å². The summed E-state index contributed by atoms with van der Waals surface area (Å²) in [6.07, 6.45) is 6.41. The molecule has 0 radical (unpaired) electrons. The fraction of sp³-hybridized carbons (Fsp3) is 0.250. The van der Waals surface area contributed by atoms with E-state index >= 15 is 0 Å². The highest BCUT2D eigenvalue weighted by atomic mass is 19.1. The molecular formula is C12H12FN3O. The number of hydrogen-bond donors (Lipinski definition) is 0. The van der Waals surface area contributed by atoms with Crippen LogP contribution in [0, 0.1) is 5.95 Å². The zero-order valence-corrected chi connectivity index (χ0v) is 9.21. The Labute approximate surface area is 98.5 Å². The fourth-order valence-corrected chi connectivity index (χ4v) is 1.40. The van der Waals surface area contributed by atoms with Crippen molar-refractivity contribution in [2.45, 2.75) is 12.8 Å². The predicted octanol–water partition coefficient (Wildman–Crippen LogP) is 2.02. The molecule has 4 nitrogen and oxygen atoms in total. The van der Waals surface area contributed by atoms with Crippen molar-refractivity contribution in [2.75, 3.05) is 6.61 Å². The van der Waals surface area contributed by atoms with Crippen molar-refractivity contribution in [1.29, 1.82) is 0 Å². The van der Waals surface area contributed by atoms with E-state index in [2.05, 4.69) is 15.0 Å². The summed E-state index contributed by atoms with van der Waals surface area (Å²) < 4.78 is 18.0. The summed E-state index contributed by atoms with van der Waals surface area (Å²) in [4.78, 5) is 11.1. The van der Waals surface area contributed by atoms with Crippen molar-refractivity contribution in [2.24, 2.45) is 0 Å². The Hall–Kier alpha value is -2.04. The van der Waals surface area contributed by atoms with Crippen LogP contribution in [0.25, 0.3) is 0 Å². The van der Waals surface area contributed by atoms with Gasteiger partial charge in [0.15, 0.2) is 0 Å². The van der Waals surface area contributed by atoms with Crippen LogP contribution in [-0.4, -0.2) is 21.6 Å². The van der Waals surface area contributed by atoms with Crippen molar-refractivity contribution in [3.63, 3.8) is 0 Å². The molecule has 0 bridgehead atoms. The second-order valence-corrected chi connectivity index (χ2v) is 3.49. The minimum absolute atomic E-state index is 0.271. The molecule has 0 saturated carbocycles. The van der Waals surface area contributed by atoms with Gasteiger partial charge in [-0.1, -0.05) is 0 Å². The third-order valence-electron chi connectivity index (χ3n) is 2.22. The summed E-state index contributed by atoms with van der Waals surface area (Å²) in [5.74, 6) is -0.309. The molecule has 5 heteroatoms. The Morgan fingerprint density at radius 3 is 2.76 bits per heavy atom. The van der Waals surface area contributed by atoms with E-state index in [0.717, 1.165) is 19.2 Å². The largest absolute Gasteiger partial charge is 0.477 e. The molecule has 0 N–H and O–H groups in total. The van der Waals surface area contributed by atoms with E-state index in [9.17, 15) is 4.39 Å².